The van der Waals surface area contributed by atoms with Gasteiger partial charge in [0, 0.05) is 23.1 Å². The highest BCUT2D eigenvalue weighted by atomic mass is 16.3. The van der Waals surface area contributed by atoms with Crippen molar-refractivity contribution in [2.75, 3.05) is 0 Å². The van der Waals surface area contributed by atoms with Gasteiger partial charge in [-0.25, -0.2) is 4.99 Å². The summed E-state index contributed by atoms with van der Waals surface area (Å²) in [5, 5.41) is 12.8. The van der Waals surface area contributed by atoms with Crippen LogP contribution in [0.25, 0.3) is 28.6 Å². The molecule has 1 aliphatic heterocycles. The van der Waals surface area contributed by atoms with Crippen molar-refractivity contribution in [1.82, 2.24) is 4.57 Å². The molecular formula is C24H16N2O4. The Labute approximate surface area is 170 Å². The molecule has 0 radical (unpaired) electrons. The van der Waals surface area contributed by atoms with Gasteiger partial charge in [-0.15, -0.1) is 0 Å². The quantitative estimate of drug-likeness (QED) is 0.552. The number of benzene rings is 2. The number of hydrogen-bond acceptors (Lipinski definition) is 4. The maximum atomic E-state index is 12.2. The van der Waals surface area contributed by atoms with E-state index in [2.05, 4.69) is 4.99 Å². The molecular weight excluding hydrogens is 380 g/mol. The highest BCUT2D eigenvalue weighted by Crippen LogP contribution is 2.31. The maximum Gasteiger partial charge on any atom is 0.278 e. The molecule has 0 saturated heterocycles. The molecule has 0 spiro atoms. The summed E-state index contributed by atoms with van der Waals surface area (Å²) in [7, 11) is 0. The minimum Gasteiger partial charge on any atom is -0.494 e. The Balaban J connectivity index is 1.67. The molecule has 4 aromatic rings. The Morgan fingerprint density at radius 2 is 1.70 bits per heavy atom. The predicted molar refractivity (Wildman–Crippen MR) is 112 cm³/mol. The molecule has 2 aromatic heterocycles. The third-order valence-electron chi connectivity index (χ3n) is 5.07. The van der Waals surface area contributed by atoms with Crippen molar-refractivity contribution >= 4 is 40.4 Å². The smallest absolute Gasteiger partial charge is 0.278 e. The molecule has 30 heavy (non-hydrogen) atoms. The number of para-hydroxylation sites is 2. The Morgan fingerprint density at radius 3 is 2.50 bits per heavy atom. The number of carbonyl (C=O) groups excluding carboxylic acids is 2. The van der Waals surface area contributed by atoms with Crippen LogP contribution in [-0.2, 0) is 4.79 Å². The summed E-state index contributed by atoms with van der Waals surface area (Å²) in [6, 6.07) is 18.1. The summed E-state index contributed by atoms with van der Waals surface area (Å²) < 4.78 is 7.12. The fourth-order valence-electron chi connectivity index (χ4n) is 3.74. The van der Waals surface area contributed by atoms with Crippen molar-refractivity contribution in [1.29, 1.82) is 0 Å². The van der Waals surface area contributed by atoms with E-state index in [-0.39, 0.29) is 17.7 Å². The number of carbonyl (C=O) groups is 2. The average Bonchev–Trinajstić information content (AvgIpc) is 3.38. The summed E-state index contributed by atoms with van der Waals surface area (Å²) in [5.74, 6) is -0.727. The summed E-state index contributed by atoms with van der Waals surface area (Å²) in [4.78, 5) is 28.3. The van der Waals surface area contributed by atoms with Crippen molar-refractivity contribution < 1.29 is 19.1 Å². The van der Waals surface area contributed by atoms with Crippen LogP contribution in [0.1, 0.15) is 17.3 Å². The average molecular weight is 396 g/mol. The highest BCUT2D eigenvalue weighted by molar-refractivity contribution is 6.24. The van der Waals surface area contributed by atoms with E-state index in [1.54, 1.807) is 36.4 Å². The van der Waals surface area contributed by atoms with Crippen LogP contribution in [0.4, 0.5) is 0 Å². The van der Waals surface area contributed by atoms with Gasteiger partial charge in [0.1, 0.15) is 10.8 Å². The van der Waals surface area contributed by atoms with E-state index in [0.29, 0.717) is 32.8 Å². The normalized spacial score (nSPS) is 14.4. The molecule has 1 amide bonds. The van der Waals surface area contributed by atoms with E-state index in [9.17, 15) is 14.7 Å². The number of fused-ring (bicyclic) bond motifs is 2. The molecule has 1 aliphatic rings. The Morgan fingerprint density at radius 1 is 1.00 bits per heavy atom. The molecule has 0 bridgehead atoms. The maximum absolute atomic E-state index is 12.2. The molecule has 0 saturated carbocycles. The van der Waals surface area contributed by atoms with Crippen molar-refractivity contribution in [3.63, 3.8) is 0 Å². The zero-order valence-corrected chi connectivity index (χ0v) is 16.0. The molecule has 6 nitrogen and oxygen atoms in total. The van der Waals surface area contributed by atoms with Gasteiger partial charge < -0.3 is 9.52 Å². The minimum atomic E-state index is -0.305. The highest BCUT2D eigenvalue weighted by Gasteiger charge is 2.17. The van der Waals surface area contributed by atoms with Crippen LogP contribution in [0.2, 0.25) is 0 Å². The predicted octanol–water partition coefficient (Wildman–Crippen LogP) is 1.22. The van der Waals surface area contributed by atoms with Gasteiger partial charge in [0.15, 0.2) is 0 Å². The molecule has 0 unspecified atom stereocenters. The van der Waals surface area contributed by atoms with Crippen LogP contribution in [0, 0.1) is 0 Å². The molecule has 0 atom stereocenters. The van der Waals surface area contributed by atoms with Gasteiger partial charge in [-0.2, -0.15) is 0 Å². The second-order valence-corrected chi connectivity index (χ2v) is 6.99. The molecule has 0 aliphatic carbocycles. The fourth-order valence-corrected chi connectivity index (χ4v) is 3.74. The summed E-state index contributed by atoms with van der Waals surface area (Å²) in [6.07, 6.45) is 3.33. The number of aromatic nitrogens is 1. The molecule has 5 rings (SSSR count). The van der Waals surface area contributed by atoms with Gasteiger partial charge in [0.25, 0.3) is 5.91 Å². The number of aromatic hydroxyl groups is 1. The van der Waals surface area contributed by atoms with Crippen molar-refractivity contribution in [3.05, 3.63) is 87.6 Å². The lowest BCUT2D eigenvalue weighted by molar-refractivity contribution is -0.112. The van der Waals surface area contributed by atoms with Crippen LogP contribution in [0.5, 0.6) is 5.88 Å². The third-order valence-corrected chi connectivity index (χ3v) is 5.07. The molecule has 146 valence electrons. The number of furan rings is 1. The summed E-state index contributed by atoms with van der Waals surface area (Å²) in [5.41, 5.74) is 2.57. The molecule has 3 heterocycles. The summed E-state index contributed by atoms with van der Waals surface area (Å²) >= 11 is 0. The molecule has 0 fully saturated rings. The topological polar surface area (TPSA) is 84.8 Å². The SMILES string of the molecule is CC(=O)n1c(O)c(/C=c2\cc/c(=C/C3=c4ccccc4=NC3=O)o2)c2ccccc21. The third kappa shape index (κ3) is 2.78. The number of hydrogen-bond donors (Lipinski definition) is 1. The minimum absolute atomic E-state index is 0.140. The number of amides is 1. The fraction of sp³-hybridized carbons (Fsp3) is 0.0417. The van der Waals surface area contributed by atoms with Crippen LogP contribution >= 0.6 is 0 Å². The largest absolute Gasteiger partial charge is 0.494 e. The Kier molecular flexibility index (Phi) is 3.99. The van der Waals surface area contributed by atoms with Gasteiger partial charge in [0.2, 0.25) is 11.8 Å². The van der Waals surface area contributed by atoms with Crippen molar-refractivity contribution in [3.8, 4) is 5.88 Å². The van der Waals surface area contributed by atoms with Crippen molar-refractivity contribution in [2.24, 2.45) is 4.99 Å². The first-order valence-corrected chi connectivity index (χ1v) is 9.38. The first-order valence-electron chi connectivity index (χ1n) is 9.38. The number of nitrogens with zero attached hydrogens (tertiary/aromatic N) is 2. The van der Waals surface area contributed by atoms with Gasteiger partial charge in [-0.3, -0.25) is 14.2 Å². The monoisotopic (exact) mass is 396 g/mol. The first-order chi connectivity index (χ1) is 14.5. The molecule has 6 heteroatoms. The Bertz CT molecular complexity index is 1600. The zero-order valence-electron chi connectivity index (χ0n) is 16.0. The van der Waals surface area contributed by atoms with Gasteiger partial charge >= 0.3 is 0 Å². The van der Waals surface area contributed by atoms with Crippen molar-refractivity contribution in [2.45, 2.75) is 6.92 Å². The van der Waals surface area contributed by atoms with Gasteiger partial charge in [-0.05, 0) is 36.4 Å². The zero-order chi connectivity index (χ0) is 20.8. The van der Waals surface area contributed by atoms with Crippen LogP contribution < -0.4 is 21.4 Å². The standard InChI is InChI=1S/C24H16N2O4/c1-14(27)26-22-9-5-3-7-18(22)20(24(26)29)13-16-11-10-15(30-16)12-19-17-6-2-4-8-21(17)25-23(19)28/h2-13,29H,1H3/b15-12-,16-13+. The summed E-state index contributed by atoms with van der Waals surface area (Å²) in [6.45, 7) is 1.40. The van der Waals surface area contributed by atoms with Crippen LogP contribution in [-0.4, -0.2) is 21.5 Å². The van der Waals surface area contributed by atoms with E-state index in [1.807, 2.05) is 36.4 Å². The second kappa shape index (κ2) is 6.70. The molecule has 1 N–H and O–H groups in total. The van der Waals surface area contributed by atoms with E-state index < -0.39 is 0 Å². The second-order valence-electron chi connectivity index (χ2n) is 6.99. The van der Waals surface area contributed by atoms with Crippen LogP contribution in [0.15, 0.2) is 70.1 Å². The Hall–Kier alpha value is -4.19. The van der Waals surface area contributed by atoms with Crippen LogP contribution in [0.3, 0.4) is 0 Å². The van der Waals surface area contributed by atoms with Gasteiger partial charge in [0.05, 0.1) is 16.4 Å². The lowest BCUT2D eigenvalue weighted by atomic mass is 10.1. The first kappa shape index (κ1) is 17.9. The van der Waals surface area contributed by atoms with Gasteiger partial charge in [-0.1, -0.05) is 36.4 Å². The number of rotatable bonds is 2. The lowest BCUT2D eigenvalue weighted by Gasteiger charge is -2.00. The van der Waals surface area contributed by atoms with E-state index >= 15 is 0 Å². The van der Waals surface area contributed by atoms with E-state index in [0.717, 1.165) is 10.6 Å². The molecule has 2 aromatic carbocycles. The van der Waals surface area contributed by atoms with E-state index in [4.69, 9.17) is 4.42 Å². The van der Waals surface area contributed by atoms with E-state index in [1.165, 1.54) is 11.5 Å². The lowest BCUT2D eigenvalue weighted by Crippen LogP contribution is -2.22.